The Morgan fingerprint density at radius 2 is 1.70 bits per heavy atom. The first-order chi connectivity index (χ1) is 9.04. The largest absolute Gasteiger partial charge is 0.472 e. The highest BCUT2D eigenvalue weighted by Crippen LogP contribution is 2.49. The summed E-state index contributed by atoms with van der Waals surface area (Å²) >= 11 is 0. The van der Waals surface area contributed by atoms with E-state index in [-0.39, 0.29) is 13.0 Å². The van der Waals surface area contributed by atoms with Crippen LogP contribution >= 0.6 is 7.82 Å². The molecule has 1 fully saturated rings. The first kappa shape index (κ1) is 17.8. The molecule has 1 aliphatic heterocycles. The molecule has 20 heavy (non-hydrogen) atoms. The highest BCUT2D eigenvalue weighted by atomic mass is 31.2. The molecule has 1 aliphatic rings. The molecule has 0 radical (unpaired) electrons. The van der Waals surface area contributed by atoms with E-state index in [2.05, 4.69) is 9.05 Å². The molecule has 0 aromatic rings. The fourth-order valence-electron chi connectivity index (χ4n) is 1.82. The van der Waals surface area contributed by atoms with Crippen LogP contribution in [-0.4, -0.2) is 29.7 Å². The number of rotatable bonds is 2. The summed E-state index contributed by atoms with van der Waals surface area (Å²) < 4.78 is 82.7. The van der Waals surface area contributed by atoms with Crippen LogP contribution in [0.2, 0.25) is 0 Å². The highest BCUT2D eigenvalue weighted by molar-refractivity contribution is 7.47. The molecule has 1 heterocycles. The third-order valence-corrected chi connectivity index (χ3v) is 3.93. The lowest BCUT2D eigenvalue weighted by Gasteiger charge is -2.27. The molecule has 120 valence electrons. The van der Waals surface area contributed by atoms with Gasteiger partial charge in [0.2, 0.25) is 0 Å². The Hall–Kier alpha value is -0.240. The van der Waals surface area contributed by atoms with E-state index in [1.807, 2.05) is 0 Å². The number of hydrogen-bond acceptors (Lipinski definition) is 3. The van der Waals surface area contributed by atoms with Crippen LogP contribution in [0, 0.1) is 0 Å². The molecule has 0 aromatic heterocycles. The third-order valence-electron chi connectivity index (χ3n) is 2.86. The maximum absolute atomic E-state index is 13.0. The van der Waals surface area contributed by atoms with E-state index in [1.165, 1.54) is 0 Å². The number of halogens is 5. The Bertz CT molecular complexity index is 360. The van der Waals surface area contributed by atoms with Crippen molar-refractivity contribution < 1.29 is 40.5 Å². The van der Waals surface area contributed by atoms with Gasteiger partial charge in [0, 0.05) is 6.42 Å². The van der Waals surface area contributed by atoms with Crippen LogP contribution in [0.5, 0.6) is 0 Å². The van der Waals surface area contributed by atoms with Crippen molar-refractivity contribution in [1.82, 2.24) is 0 Å². The predicted molar refractivity (Wildman–Crippen MR) is 59.4 cm³/mol. The van der Waals surface area contributed by atoms with Gasteiger partial charge in [0.05, 0.1) is 12.7 Å². The Morgan fingerprint density at radius 1 is 1.10 bits per heavy atom. The van der Waals surface area contributed by atoms with Gasteiger partial charge in [-0.05, 0) is 12.8 Å². The van der Waals surface area contributed by atoms with Gasteiger partial charge in [-0.15, -0.1) is 0 Å². The lowest BCUT2D eigenvalue weighted by atomic mass is 10.0. The van der Waals surface area contributed by atoms with Crippen molar-refractivity contribution in [3.05, 3.63) is 0 Å². The predicted octanol–water partition coefficient (Wildman–Crippen LogP) is 4.04. The first-order valence-corrected chi connectivity index (χ1v) is 7.63. The quantitative estimate of drug-likeness (QED) is 0.615. The van der Waals surface area contributed by atoms with Crippen LogP contribution < -0.4 is 0 Å². The molecule has 2 unspecified atom stereocenters. The number of hydrogen-bond donors (Lipinski definition) is 1. The van der Waals surface area contributed by atoms with Gasteiger partial charge in [-0.1, -0.05) is 19.3 Å². The van der Waals surface area contributed by atoms with Crippen LogP contribution in [0.4, 0.5) is 22.0 Å². The zero-order chi connectivity index (χ0) is 15.4. The Morgan fingerprint density at radius 3 is 2.30 bits per heavy atom. The standard InChI is InChI=1S/C10H16F5O4P/c11-9(12,10(13,14)15)7-8-5-3-1-2-4-6-18-20(16,17)19-8/h8H,1-7H2,(H,16,17). The summed E-state index contributed by atoms with van der Waals surface area (Å²) in [5.74, 6) is -4.97. The lowest BCUT2D eigenvalue weighted by Crippen LogP contribution is -2.40. The maximum Gasteiger partial charge on any atom is 0.472 e. The van der Waals surface area contributed by atoms with Gasteiger partial charge in [-0.25, -0.2) is 4.57 Å². The average molecular weight is 326 g/mol. The third kappa shape index (κ3) is 5.63. The van der Waals surface area contributed by atoms with Gasteiger partial charge in [-0.3, -0.25) is 9.05 Å². The van der Waals surface area contributed by atoms with Gasteiger partial charge >= 0.3 is 19.9 Å². The van der Waals surface area contributed by atoms with Crippen molar-refractivity contribution in [2.45, 2.75) is 56.7 Å². The second-order valence-corrected chi connectivity index (χ2v) is 6.04. The van der Waals surface area contributed by atoms with Crippen molar-refractivity contribution >= 4 is 7.82 Å². The lowest BCUT2D eigenvalue weighted by molar-refractivity contribution is -0.289. The zero-order valence-electron chi connectivity index (χ0n) is 10.5. The van der Waals surface area contributed by atoms with Gasteiger partial charge in [0.1, 0.15) is 0 Å². The van der Waals surface area contributed by atoms with Crippen molar-refractivity contribution in [2.24, 2.45) is 0 Å². The monoisotopic (exact) mass is 326 g/mol. The second-order valence-electron chi connectivity index (χ2n) is 4.64. The summed E-state index contributed by atoms with van der Waals surface area (Å²) in [6.45, 7) is -0.101. The van der Waals surface area contributed by atoms with Crippen LogP contribution in [0.3, 0.4) is 0 Å². The number of alkyl halides is 5. The fourth-order valence-corrected chi connectivity index (χ4v) is 2.80. The topological polar surface area (TPSA) is 55.8 Å². The fraction of sp³-hybridized carbons (Fsp3) is 1.00. The van der Waals surface area contributed by atoms with E-state index >= 15 is 0 Å². The van der Waals surface area contributed by atoms with Crippen LogP contribution in [0.25, 0.3) is 0 Å². The zero-order valence-corrected chi connectivity index (χ0v) is 11.4. The smallest absolute Gasteiger partial charge is 0.302 e. The summed E-state index contributed by atoms with van der Waals surface area (Å²) in [4.78, 5) is 9.25. The molecule has 2 atom stereocenters. The van der Waals surface area contributed by atoms with E-state index in [9.17, 15) is 31.4 Å². The summed E-state index contributed by atoms with van der Waals surface area (Å²) in [5.41, 5.74) is 0. The molecule has 0 saturated carbocycles. The van der Waals surface area contributed by atoms with E-state index in [0.717, 1.165) is 0 Å². The van der Waals surface area contributed by atoms with E-state index in [4.69, 9.17) is 0 Å². The Balaban J connectivity index is 2.75. The van der Waals surface area contributed by atoms with Crippen LogP contribution in [0.1, 0.15) is 38.5 Å². The molecule has 0 amide bonds. The van der Waals surface area contributed by atoms with E-state index < -0.39 is 32.4 Å². The average Bonchev–Trinajstić information content (AvgIpc) is 2.24. The molecule has 0 bridgehead atoms. The number of phosphoric acid groups is 1. The minimum atomic E-state index is -5.72. The normalized spacial score (nSPS) is 31.0. The number of phosphoric ester groups is 1. The summed E-state index contributed by atoms with van der Waals surface area (Å²) in [6.07, 6.45) is -7.15. The van der Waals surface area contributed by atoms with Crippen molar-refractivity contribution in [3.63, 3.8) is 0 Å². The minimum absolute atomic E-state index is 0.101. The molecule has 1 N–H and O–H groups in total. The van der Waals surface area contributed by atoms with Gasteiger partial charge < -0.3 is 4.89 Å². The SMILES string of the molecule is O=P1(O)OCCCCCCC(CC(F)(F)C(F)(F)F)O1. The molecule has 4 nitrogen and oxygen atoms in total. The molecule has 0 spiro atoms. The van der Waals surface area contributed by atoms with Crippen LogP contribution in [-0.2, 0) is 13.6 Å². The second kappa shape index (κ2) is 6.68. The van der Waals surface area contributed by atoms with Gasteiger partial charge in [-0.2, -0.15) is 22.0 Å². The van der Waals surface area contributed by atoms with Crippen molar-refractivity contribution in [3.8, 4) is 0 Å². The first-order valence-electron chi connectivity index (χ1n) is 6.14. The van der Waals surface area contributed by atoms with Gasteiger partial charge in [0.25, 0.3) is 0 Å². The maximum atomic E-state index is 13.0. The molecular weight excluding hydrogens is 310 g/mol. The summed E-state index contributed by atoms with van der Waals surface area (Å²) in [7, 11) is -4.60. The minimum Gasteiger partial charge on any atom is -0.302 e. The van der Waals surface area contributed by atoms with E-state index in [0.29, 0.717) is 25.7 Å². The molecule has 0 aromatic carbocycles. The Labute approximate surface area is 112 Å². The molecule has 0 aliphatic carbocycles. The summed E-state index contributed by atoms with van der Waals surface area (Å²) in [6, 6.07) is 0. The van der Waals surface area contributed by atoms with Crippen LogP contribution in [0.15, 0.2) is 0 Å². The van der Waals surface area contributed by atoms with E-state index in [1.54, 1.807) is 0 Å². The molecular formula is C10H16F5O4P. The Kier molecular flexibility index (Phi) is 5.95. The van der Waals surface area contributed by atoms with Gasteiger partial charge in [0.15, 0.2) is 0 Å². The summed E-state index contributed by atoms with van der Waals surface area (Å²) in [5, 5.41) is 0. The van der Waals surface area contributed by atoms with Crippen molar-refractivity contribution in [1.29, 1.82) is 0 Å². The molecule has 1 saturated heterocycles. The highest BCUT2D eigenvalue weighted by Gasteiger charge is 2.58. The molecule has 1 rings (SSSR count). The van der Waals surface area contributed by atoms with Crippen molar-refractivity contribution in [2.75, 3.05) is 6.61 Å². The molecule has 10 heteroatoms.